The van der Waals surface area contributed by atoms with E-state index in [0.717, 1.165) is 12.5 Å². The summed E-state index contributed by atoms with van der Waals surface area (Å²) < 4.78 is 16.0. The number of likely N-dealkylation sites (tertiary alicyclic amines) is 2. The quantitative estimate of drug-likeness (QED) is 0.638. The fourth-order valence-electron chi connectivity index (χ4n) is 4.37. The molecule has 3 heterocycles. The first-order valence-electron chi connectivity index (χ1n) is 10.8. The first-order chi connectivity index (χ1) is 15.8. The lowest BCUT2D eigenvalue weighted by Crippen LogP contribution is -2.50. The van der Waals surface area contributed by atoms with Gasteiger partial charge in [0, 0.05) is 43.9 Å². The molecule has 2 saturated heterocycles. The number of anilines is 1. The van der Waals surface area contributed by atoms with Crippen molar-refractivity contribution in [1.82, 2.24) is 14.4 Å². The molecule has 10 heteroatoms. The fourth-order valence-corrected chi connectivity index (χ4v) is 4.37. The number of carbonyl (C=O) groups is 3. The van der Waals surface area contributed by atoms with Gasteiger partial charge in [-0.2, -0.15) is 0 Å². The molecular weight excluding hydrogens is 429 g/mol. The van der Waals surface area contributed by atoms with Gasteiger partial charge in [-0.25, -0.2) is 4.39 Å². The van der Waals surface area contributed by atoms with Crippen LogP contribution in [0, 0.1) is 12.2 Å². The predicted molar refractivity (Wildman–Crippen MR) is 119 cm³/mol. The third-order valence-corrected chi connectivity index (χ3v) is 6.01. The smallest absolute Gasteiger partial charge is 0.255 e. The zero-order valence-corrected chi connectivity index (χ0v) is 17.9. The van der Waals surface area contributed by atoms with Gasteiger partial charge in [0.05, 0.1) is 24.0 Å². The van der Waals surface area contributed by atoms with E-state index in [4.69, 9.17) is 5.73 Å². The van der Waals surface area contributed by atoms with Gasteiger partial charge < -0.3 is 16.0 Å². The first kappa shape index (κ1) is 22.7. The second kappa shape index (κ2) is 9.53. The van der Waals surface area contributed by atoms with E-state index in [0.29, 0.717) is 31.6 Å². The van der Waals surface area contributed by atoms with E-state index in [-0.39, 0.29) is 29.7 Å². The van der Waals surface area contributed by atoms with Crippen molar-refractivity contribution in [3.8, 4) is 5.69 Å². The summed E-state index contributed by atoms with van der Waals surface area (Å²) in [6.07, 6.45) is 5.07. The maximum atomic E-state index is 14.7. The monoisotopic (exact) mass is 454 g/mol. The van der Waals surface area contributed by atoms with E-state index < -0.39 is 23.7 Å². The number of aromatic nitrogens is 1. The normalized spacial score (nSPS) is 20.9. The van der Waals surface area contributed by atoms with Crippen LogP contribution in [0.1, 0.15) is 19.3 Å². The molecule has 1 radical (unpaired) electrons. The number of halogens is 1. The van der Waals surface area contributed by atoms with Crippen LogP contribution in [0.15, 0.2) is 47.4 Å². The van der Waals surface area contributed by atoms with E-state index >= 15 is 0 Å². The zero-order chi connectivity index (χ0) is 23.5. The standard InChI is InChI=1S/C23H25FN5O4/c24-17-12-15(28-11-2-1-4-22(28)32)6-8-18(17)26-20(30)14-29-16(7-9-19(29)23(25)33)13-27-10-3-5-21(27)31/h1-2,4,6,8-9,11-12,16,19H,3,5,7,10,13-14H2,(H2,25,33)(H,26,30)/t16-,19?/m0/s1. The minimum atomic E-state index is -0.740. The Morgan fingerprint density at radius 1 is 1.18 bits per heavy atom. The largest absolute Gasteiger partial charge is 0.368 e. The van der Waals surface area contributed by atoms with E-state index in [1.165, 1.54) is 29.0 Å². The molecule has 0 aliphatic carbocycles. The van der Waals surface area contributed by atoms with Crippen LogP contribution in [0.2, 0.25) is 0 Å². The number of hydrogen-bond donors (Lipinski definition) is 2. The highest BCUT2D eigenvalue weighted by Crippen LogP contribution is 2.26. The molecule has 0 spiro atoms. The van der Waals surface area contributed by atoms with Crippen molar-refractivity contribution in [3.05, 3.63) is 65.2 Å². The molecule has 2 aromatic rings. The Morgan fingerprint density at radius 3 is 2.67 bits per heavy atom. The predicted octanol–water partition coefficient (Wildman–Crippen LogP) is 0.670. The number of carbonyl (C=O) groups excluding carboxylic acids is 3. The van der Waals surface area contributed by atoms with E-state index in [1.807, 2.05) is 0 Å². The number of nitrogens with one attached hydrogen (secondary N) is 1. The molecule has 2 aliphatic rings. The summed E-state index contributed by atoms with van der Waals surface area (Å²) in [5, 5.41) is 2.52. The highest BCUT2D eigenvalue weighted by atomic mass is 19.1. The number of hydrogen-bond acceptors (Lipinski definition) is 5. The Bertz CT molecular complexity index is 1130. The molecule has 2 fully saturated rings. The van der Waals surface area contributed by atoms with Crippen LogP contribution in [0.5, 0.6) is 0 Å². The van der Waals surface area contributed by atoms with Gasteiger partial charge in [0.2, 0.25) is 17.7 Å². The van der Waals surface area contributed by atoms with Gasteiger partial charge in [0.1, 0.15) is 5.82 Å². The highest BCUT2D eigenvalue weighted by Gasteiger charge is 2.39. The molecule has 1 aromatic carbocycles. The number of nitrogens with two attached hydrogens (primary N) is 1. The first-order valence-corrected chi connectivity index (χ1v) is 10.8. The molecule has 2 atom stereocenters. The second-order valence-electron chi connectivity index (χ2n) is 8.21. The van der Waals surface area contributed by atoms with E-state index in [9.17, 15) is 23.6 Å². The molecule has 2 aliphatic heterocycles. The van der Waals surface area contributed by atoms with Gasteiger partial charge in [0.15, 0.2) is 0 Å². The Hall–Kier alpha value is -3.53. The molecule has 3 amide bonds. The van der Waals surface area contributed by atoms with Gasteiger partial charge >= 0.3 is 0 Å². The molecule has 1 aromatic heterocycles. The van der Waals surface area contributed by atoms with E-state index in [2.05, 4.69) is 5.32 Å². The van der Waals surface area contributed by atoms with Gasteiger partial charge in [-0.05, 0) is 37.5 Å². The molecule has 33 heavy (non-hydrogen) atoms. The number of rotatable bonds is 7. The molecule has 0 bridgehead atoms. The lowest BCUT2D eigenvalue weighted by atomic mass is 10.2. The summed E-state index contributed by atoms with van der Waals surface area (Å²) in [7, 11) is 0. The van der Waals surface area contributed by atoms with Crippen molar-refractivity contribution >= 4 is 23.4 Å². The van der Waals surface area contributed by atoms with Crippen LogP contribution < -0.4 is 16.6 Å². The van der Waals surface area contributed by atoms with Crippen molar-refractivity contribution in [2.24, 2.45) is 5.73 Å². The van der Waals surface area contributed by atoms with Crippen molar-refractivity contribution in [3.63, 3.8) is 0 Å². The molecule has 4 rings (SSSR count). The zero-order valence-electron chi connectivity index (χ0n) is 17.9. The molecule has 173 valence electrons. The molecule has 1 unspecified atom stereocenters. The Kier molecular flexibility index (Phi) is 6.55. The summed E-state index contributed by atoms with van der Waals surface area (Å²) in [4.78, 5) is 52.0. The number of benzene rings is 1. The Balaban J connectivity index is 1.45. The SMILES string of the molecule is NC(=O)C1[CH]C[C@@H](CN2CCCC2=O)N1CC(=O)Nc1ccc(-n2ccccc2=O)cc1F. The summed E-state index contributed by atoms with van der Waals surface area (Å²) >= 11 is 0. The Morgan fingerprint density at radius 2 is 2.00 bits per heavy atom. The Labute approximate surface area is 190 Å². The average Bonchev–Trinajstić information content (AvgIpc) is 3.36. The molecular formula is C23H25FN5O4. The van der Waals surface area contributed by atoms with Gasteiger partial charge in [0.25, 0.3) is 5.56 Å². The van der Waals surface area contributed by atoms with Gasteiger partial charge in [-0.1, -0.05) is 6.07 Å². The lowest BCUT2D eigenvalue weighted by molar-refractivity contribution is -0.128. The van der Waals surface area contributed by atoms with Crippen molar-refractivity contribution in [2.75, 3.05) is 25.0 Å². The van der Waals surface area contributed by atoms with E-state index in [1.54, 1.807) is 28.4 Å². The fraction of sp³-hybridized carbons (Fsp3) is 0.348. The van der Waals surface area contributed by atoms with Crippen LogP contribution in [0.3, 0.4) is 0 Å². The average molecular weight is 454 g/mol. The van der Waals surface area contributed by atoms with Crippen molar-refractivity contribution < 1.29 is 18.8 Å². The highest BCUT2D eigenvalue weighted by molar-refractivity contribution is 5.93. The number of nitrogens with zero attached hydrogens (tertiary/aromatic N) is 3. The maximum absolute atomic E-state index is 14.7. The molecule has 9 nitrogen and oxygen atoms in total. The molecule has 0 saturated carbocycles. The summed E-state index contributed by atoms with van der Waals surface area (Å²) in [5.74, 6) is -1.74. The summed E-state index contributed by atoms with van der Waals surface area (Å²) in [5.41, 5.74) is 5.49. The number of amides is 3. The van der Waals surface area contributed by atoms with Crippen LogP contribution in [0.4, 0.5) is 10.1 Å². The van der Waals surface area contributed by atoms with Crippen molar-refractivity contribution in [1.29, 1.82) is 0 Å². The lowest BCUT2D eigenvalue weighted by Gasteiger charge is -2.30. The minimum absolute atomic E-state index is 0.0437. The van der Waals surface area contributed by atoms with Crippen LogP contribution in [-0.4, -0.2) is 63.8 Å². The van der Waals surface area contributed by atoms with Crippen LogP contribution >= 0.6 is 0 Å². The van der Waals surface area contributed by atoms with Crippen molar-refractivity contribution in [2.45, 2.75) is 31.3 Å². The second-order valence-corrected chi connectivity index (χ2v) is 8.21. The van der Waals surface area contributed by atoms with Gasteiger partial charge in [-0.15, -0.1) is 0 Å². The van der Waals surface area contributed by atoms with Crippen LogP contribution in [0.25, 0.3) is 5.69 Å². The molecule has 3 N–H and O–H groups in total. The third-order valence-electron chi connectivity index (χ3n) is 6.01. The topological polar surface area (TPSA) is 118 Å². The van der Waals surface area contributed by atoms with Gasteiger partial charge in [-0.3, -0.25) is 28.6 Å². The maximum Gasteiger partial charge on any atom is 0.255 e. The summed E-state index contributed by atoms with van der Waals surface area (Å²) in [6, 6.07) is 7.70. The van der Waals surface area contributed by atoms with Crippen LogP contribution in [-0.2, 0) is 14.4 Å². The number of primary amides is 1. The number of pyridine rings is 1. The third kappa shape index (κ3) is 4.95. The summed E-state index contributed by atoms with van der Waals surface area (Å²) in [6.45, 7) is 0.871. The minimum Gasteiger partial charge on any atom is -0.368 e.